The van der Waals surface area contributed by atoms with Crippen LogP contribution in [-0.4, -0.2) is 52.7 Å². The molecule has 0 radical (unpaired) electrons. The number of carbonyl (C=O) groups is 1. The predicted octanol–water partition coefficient (Wildman–Crippen LogP) is 0.724. The van der Waals surface area contributed by atoms with E-state index in [1.165, 1.54) is 0 Å². The highest BCUT2D eigenvalue weighted by molar-refractivity contribution is 5.70. The number of aliphatic carboxylic acids is 1. The number of hydrogen-bond donors (Lipinski definition) is 1. The van der Waals surface area contributed by atoms with E-state index < -0.39 is 5.97 Å². The minimum absolute atomic E-state index is 0.0383. The quantitative estimate of drug-likeness (QED) is 0.868. The van der Waals surface area contributed by atoms with Gasteiger partial charge in [-0.15, -0.1) is 0 Å². The molecule has 1 aliphatic rings. The van der Waals surface area contributed by atoms with Crippen molar-refractivity contribution >= 4 is 5.97 Å². The summed E-state index contributed by atoms with van der Waals surface area (Å²) < 4.78 is 5.68. The Morgan fingerprint density at radius 1 is 1.42 bits per heavy atom. The molecular weight excluding hydrogens is 246 g/mol. The second-order valence-corrected chi connectivity index (χ2v) is 4.92. The van der Waals surface area contributed by atoms with Gasteiger partial charge in [0.1, 0.15) is 6.10 Å². The van der Waals surface area contributed by atoms with Crippen LogP contribution < -0.4 is 0 Å². The molecule has 0 aromatic carbocycles. The number of nitrogens with zero attached hydrogens (tertiary/aromatic N) is 3. The molecule has 1 unspecified atom stereocenters. The molecule has 2 heterocycles. The summed E-state index contributed by atoms with van der Waals surface area (Å²) in [4.78, 5) is 21.8. The van der Waals surface area contributed by atoms with Crippen molar-refractivity contribution in [3.05, 3.63) is 22.8 Å². The molecule has 1 N–H and O–H groups in total. The molecule has 6 nitrogen and oxygen atoms in total. The topological polar surface area (TPSA) is 75.5 Å². The Morgan fingerprint density at radius 2 is 2.05 bits per heavy atom. The van der Waals surface area contributed by atoms with Crippen molar-refractivity contribution in [2.75, 3.05) is 26.7 Å². The molecule has 1 saturated heterocycles. The van der Waals surface area contributed by atoms with E-state index >= 15 is 0 Å². The lowest BCUT2D eigenvalue weighted by atomic mass is 10.1. The van der Waals surface area contributed by atoms with Crippen molar-refractivity contribution in [1.82, 2.24) is 14.9 Å². The second-order valence-electron chi connectivity index (χ2n) is 4.92. The van der Waals surface area contributed by atoms with E-state index in [4.69, 9.17) is 9.84 Å². The summed E-state index contributed by atoms with van der Waals surface area (Å²) in [6, 6.07) is 0. The van der Waals surface area contributed by atoms with Crippen LogP contribution in [0.25, 0.3) is 0 Å². The van der Waals surface area contributed by atoms with Crippen LogP contribution in [0.2, 0.25) is 0 Å². The summed E-state index contributed by atoms with van der Waals surface area (Å²) in [5, 5.41) is 8.88. The Kier molecular flexibility index (Phi) is 4.11. The van der Waals surface area contributed by atoms with Gasteiger partial charge in [-0.25, -0.2) is 9.97 Å². The first kappa shape index (κ1) is 13.9. The summed E-state index contributed by atoms with van der Waals surface area (Å²) in [5.74, 6) is -0.216. The summed E-state index contributed by atoms with van der Waals surface area (Å²) in [7, 11) is 2.04. The van der Waals surface area contributed by atoms with Crippen LogP contribution in [-0.2, 0) is 16.0 Å². The molecule has 2 rings (SSSR count). The summed E-state index contributed by atoms with van der Waals surface area (Å²) in [6.45, 7) is 5.98. The zero-order valence-electron chi connectivity index (χ0n) is 11.5. The third-order valence-electron chi connectivity index (χ3n) is 3.32. The van der Waals surface area contributed by atoms with Gasteiger partial charge in [-0.3, -0.25) is 4.79 Å². The third-order valence-corrected chi connectivity index (χ3v) is 3.32. The Hall–Kier alpha value is -1.53. The fourth-order valence-electron chi connectivity index (χ4n) is 2.25. The van der Waals surface area contributed by atoms with Crippen molar-refractivity contribution in [2.24, 2.45) is 0 Å². The van der Waals surface area contributed by atoms with E-state index in [0.29, 0.717) is 18.0 Å². The smallest absolute Gasteiger partial charge is 0.307 e. The lowest BCUT2D eigenvalue weighted by Gasteiger charge is -2.29. The second kappa shape index (κ2) is 5.63. The highest BCUT2D eigenvalue weighted by Gasteiger charge is 2.23. The first-order valence-electron chi connectivity index (χ1n) is 6.33. The molecule has 0 spiro atoms. The average molecular weight is 265 g/mol. The number of hydrogen-bond acceptors (Lipinski definition) is 5. The lowest BCUT2D eigenvalue weighted by Crippen LogP contribution is -2.36. The molecule has 0 amide bonds. The highest BCUT2D eigenvalue weighted by atomic mass is 16.5. The van der Waals surface area contributed by atoms with Crippen LogP contribution in [0.4, 0.5) is 0 Å². The molecule has 6 heteroatoms. The van der Waals surface area contributed by atoms with E-state index in [1.807, 2.05) is 20.9 Å². The number of rotatable bonds is 3. The van der Waals surface area contributed by atoms with Gasteiger partial charge in [-0.2, -0.15) is 0 Å². The number of carboxylic acids is 1. The van der Waals surface area contributed by atoms with Crippen LogP contribution in [0.3, 0.4) is 0 Å². The molecular formula is C13H19N3O3. The molecule has 0 saturated carbocycles. The van der Waals surface area contributed by atoms with E-state index in [0.717, 1.165) is 24.5 Å². The molecule has 1 aliphatic heterocycles. The zero-order valence-corrected chi connectivity index (χ0v) is 11.5. The van der Waals surface area contributed by atoms with Gasteiger partial charge >= 0.3 is 5.97 Å². The number of aryl methyl sites for hydroxylation is 2. The van der Waals surface area contributed by atoms with Gasteiger partial charge in [0.15, 0.2) is 5.82 Å². The minimum atomic E-state index is -0.865. The highest BCUT2D eigenvalue weighted by Crippen LogP contribution is 2.21. The van der Waals surface area contributed by atoms with Crippen molar-refractivity contribution < 1.29 is 14.6 Å². The summed E-state index contributed by atoms with van der Waals surface area (Å²) >= 11 is 0. The monoisotopic (exact) mass is 265 g/mol. The maximum atomic E-state index is 10.8. The first-order chi connectivity index (χ1) is 8.97. The summed E-state index contributed by atoms with van der Waals surface area (Å²) in [6.07, 6.45) is -0.168. The first-order valence-corrected chi connectivity index (χ1v) is 6.33. The van der Waals surface area contributed by atoms with Crippen molar-refractivity contribution in [2.45, 2.75) is 26.4 Å². The Labute approximate surface area is 112 Å². The van der Waals surface area contributed by atoms with Crippen LogP contribution in [0.5, 0.6) is 0 Å². The van der Waals surface area contributed by atoms with Gasteiger partial charge in [-0.05, 0) is 20.9 Å². The maximum absolute atomic E-state index is 10.8. The average Bonchev–Trinajstić information content (AvgIpc) is 2.33. The Morgan fingerprint density at radius 3 is 2.58 bits per heavy atom. The molecule has 1 aromatic rings. The van der Waals surface area contributed by atoms with Crippen LogP contribution in [0, 0.1) is 13.8 Å². The van der Waals surface area contributed by atoms with Crippen molar-refractivity contribution in [3.8, 4) is 0 Å². The molecule has 0 aliphatic carbocycles. The van der Waals surface area contributed by atoms with E-state index in [9.17, 15) is 4.79 Å². The number of carboxylic acid groups (broad SMARTS) is 1. The predicted molar refractivity (Wildman–Crippen MR) is 69.0 cm³/mol. The fraction of sp³-hybridized carbons (Fsp3) is 0.615. The molecule has 1 aromatic heterocycles. The molecule has 0 bridgehead atoms. The SMILES string of the molecule is Cc1nc(C2CN(C)CCO2)nc(C)c1CC(=O)O. The van der Waals surface area contributed by atoms with E-state index in [-0.39, 0.29) is 12.5 Å². The van der Waals surface area contributed by atoms with Gasteiger partial charge in [0.2, 0.25) is 0 Å². The van der Waals surface area contributed by atoms with Gasteiger partial charge in [-0.1, -0.05) is 0 Å². The van der Waals surface area contributed by atoms with Crippen molar-refractivity contribution in [1.29, 1.82) is 0 Å². The molecule has 1 fully saturated rings. The van der Waals surface area contributed by atoms with E-state index in [1.54, 1.807) is 0 Å². The lowest BCUT2D eigenvalue weighted by molar-refractivity contribution is -0.136. The van der Waals surface area contributed by atoms with Crippen molar-refractivity contribution in [3.63, 3.8) is 0 Å². The Bertz CT molecular complexity index is 467. The molecule has 1 atom stereocenters. The molecule has 104 valence electrons. The van der Waals surface area contributed by atoms with Crippen LogP contribution in [0.1, 0.15) is 28.9 Å². The maximum Gasteiger partial charge on any atom is 0.307 e. The van der Waals surface area contributed by atoms with Gasteiger partial charge < -0.3 is 14.7 Å². The number of likely N-dealkylation sites (N-methyl/N-ethyl adjacent to an activating group) is 1. The number of aromatic nitrogens is 2. The van der Waals surface area contributed by atoms with E-state index in [2.05, 4.69) is 14.9 Å². The normalized spacial score (nSPS) is 20.5. The summed E-state index contributed by atoms with van der Waals surface area (Å²) in [5.41, 5.74) is 2.14. The standard InChI is InChI=1S/C13H19N3O3/c1-8-10(6-12(17)18)9(2)15-13(14-8)11-7-16(3)4-5-19-11/h11H,4-7H2,1-3H3,(H,17,18). The van der Waals surface area contributed by atoms with Gasteiger partial charge in [0.05, 0.1) is 13.0 Å². The molecule has 19 heavy (non-hydrogen) atoms. The largest absolute Gasteiger partial charge is 0.481 e. The number of ether oxygens (including phenoxy) is 1. The van der Waals surface area contributed by atoms with Gasteiger partial charge in [0.25, 0.3) is 0 Å². The van der Waals surface area contributed by atoms with Crippen LogP contribution >= 0.6 is 0 Å². The van der Waals surface area contributed by atoms with Crippen LogP contribution in [0.15, 0.2) is 0 Å². The Balaban J connectivity index is 2.26. The third kappa shape index (κ3) is 3.27. The fourth-order valence-corrected chi connectivity index (χ4v) is 2.25. The zero-order chi connectivity index (χ0) is 14.0. The number of morpholine rings is 1. The van der Waals surface area contributed by atoms with Gasteiger partial charge in [0, 0.05) is 30.0 Å². The minimum Gasteiger partial charge on any atom is -0.481 e.